The van der Waals surface area contributed by atoms with Gasteiger partial charge in [-0.25, -0.2) is 0 Å². The van der Waals surface area contributed by atoms with Gasteiger partial charge in [-0.2, -0.15) is 13.2 Å². The molecule has 156 valence electrons. The lowest BCUT2D eigenvalue weighted by Gasteiger charge is -2.34. The van der Waals surface area contributed by atoms with E-state index in [1.165, 1.54) is 11.6 Å². The van der Waals surface area contributed by atoms with E-state index in [2.05, 4.69) is 16.8 Å². The average molecular weight is 405 g/mol. The van der Waals surface area contributed by atoms with Crippen molar-refractivity contribution in [2.24, 2.45) is 4.99 Å². The van der Waals surface area contributed by atoms with Crippen LogP contribution in [0.1, 0.15) is 43.2 Å². The van der Waals surface area contributed by atoms with E-state index in [4.69, 9.17) is 0 Å². The van der Waals surface area contributed by atoms with Crippen LogP contribution in [0.25, 0.3) is 0 Å². The fourth-order valence-corrected chi connectivity index (χ4v) is 4.67. The minimum absolute atomic E-state index is 0.0597. The van der Waals surface area contributed by atoms with Gasteiger partial charge in [0, 0.05) is 26.2 Å². The molecule has 1 aromatic carbocycles. The lowest BCUT2D eigenvalue weighted by molar-refractivity contribution is -0.138. The highest BCUT2D eigenvalue weighted by molar-refractivity contribution is 6.46. The zero-order valence-electron chi connectivity index (χ0n) is 16.6. The van der Waals surface area contributed by atoms with Crippen LogP contribution >= 0.6 is 0 Å². The molecule has 4 nitrogen and oxygen atoms in total. The molecule has 29 heavy (non-hydrogen) atoms. The van der Waals surface area contributed by atoms with Crippen LogP contribution in [0, 0.1) is 0 Å². The third-order valence-corrected chi connectivity index (χ3v) is 6.39. The molecule has 0 saturated carbocycles. The molecule has 0 spiro atoms. The number of halogens is 3. The molecule has 0 atom stereocenters. The van der Waals surface area contributed by atoms with E-state index in [1.807, 2.05) is 0 Å². The zero-order chi connectivity index (χ0) is 20.6. The lowest BCUT2D eigenvalue weighted by Crippen LogP contribution is -2.43. The van der Waals surface area contributed by atoms with Crippen molar-refractivity contribution in [2.75, 3.05) is 39.3 Å². The number of carbonyl (C=O) groups is 1. The Labute approximate surface area is 169 Å². The van der Waals surface area contributed by atoms with E-state index in [0.29, 0.717) is 43.8 Å². The summed E-state index contributed by atoms with van der Waals surface area (Å²) in [5.74, 6) is -0.238. The zero-order valence-corrected chi connectivity index (χ0v) is 16.6. The van der Waals surface area contributed by atoms with Gasteiger partial charge in [-0.15, -0.1) is 0 Å². The summed E-state index contributed by atoms with van der Waals surface area (Å²) in [6.07, 6.45) is -2.31. The highest BCUT2D eigenvalue weighted by Crippen LogP contribution is 2.38. The molecule has 4 rings (SSSR count). The molecular formula is C22H26F3N3O. The molecule has 0 unspecified atom stereocenters. The number of aliphatic imine (C=N–C) groups is 1. The topological polar surface area (TPSA) is 35.9 Å². The van der Waals surface area contributed by atoms with E-state index >= 15 is 0 Å². The number of nitrogens with zero attached hydrogens (tertiary/aromatic N) is 3. The summed E-state index contributed by atoms with van der Waals surface area (Å²) in [4.78, 5) is 21.7. The quantitative estimate of drug-likeness (QED) is 0.765. The average Bonchev–Trinajstić information content (AvgIpc) is 3.16. The molecule has 0 bridgehead atoms. The first-order valence-corrected chi connectivity index (χ1v) is 10.3. The number of alkyl halides is 3. The van der Waals surface area contributed by atoms with Crippen molar-refractivity contribution >= 4 is 11.6 Å². The predicted molar refractivity (Wildman–Crippen MR) is 106 cm³/mol. The molecule has 3 aliphatic rings. The van der Waals surface area contributed by atoms with Gasteiger partial charge in [-0.05, 0) is 54.5 Å². The van der Waals surface area contributed by atoms with Crippen molar-refractivity contribution in [1.29, 1.82) is 0 Å². The number of hydrogen-bond acceptors (Lipinski definition) is 3. The Hall–Kier alpha value is -2.15. The molecule has 0 radical (unpaired) electrons. The van der Waals surface area contributed by atoms with Crippen LogP contribution in [0.4, 0.5) is 13.2 Å². The van der Waals surface area contributed by atoms with E-state index in [-0.39, 0.29) is 11.8 Å². The number of benzene rings is 1. The number of piperidine rings is 1. The van der Waals surface area contributed by atoms with Crippen LogP contribution < -0.4 is 0 Å². The lowest BCUT2D eigenvalue weighted by atomic mass is 9.86. The molecule has 1 amide bonds. The third-order valence-electron chi connectivity index (χ3n) is 6.39. The first kappa shape index (κ1) is 20.1. The highest BCUT2D eigenvalue weighted by Gasteiger charge is 2.37. The molecule has 3 aliphatic heterocycles. The smallest absolute Gasteiger partial charge is 0.337 e. The Morgan fingerprint density at radius 1 is 1.17 bits per heavy atom. The van der Waals surface area contributed by atoms with Crippen molar-refractivity contribution in [3.05, 3.63) is 46.5 Å². The molecule has 1 aromatic rings. The van der Waals surface area contributed by atoms with Crippen LogP contribution in [0.2, 0.25) is 0 Å². The number of carbonyl (C=O) groups excluding carboxylic acids is 1. The maximum atomic E-state index is 13.3. The fourth-order valence-electron chi connectivity index (χ4n) is 4.67. The van der Waals surface area contributed by atoms with E-state index in [0.717, 1.165) is 37.7 Å². The van der Waals surface area contributed by atoms with Gasteiger partial charge in [0.25, 0.3) is 5.91 Å². The van der Waals surface area contributed by atoms with E-state index in [1.54, 1.807) is 17.0 Å². The van der Waals surface area contributed by atoms with Crippen molar-refractivity contribution < 1.29 is 18.0 Å². The number of likely N-dealkylation sites (tertiary alicyclic amines) is 1. The van der Waals surface area contributed by atoms with Crippen LogP contribution in [0.5, 0.6) is 0 Å². The Kier molecular flexibility index (Phi) is 5.51. The number of likely N-dealkylation sites (N-methyl/N-ethyl adjacent to an activating group) is 1. The molecular weight excluding hydrogens is 379 g/mol. The molecule has 1 saturated heterocycles. The van der Waals surface area contributed by atoms with Gasteiger partial charge < -0.3 is 4.90 Å². The molecule has 0 aromatic heterocycles. The molecule has 0 N–H and O–H groups in total. The van der Waals surface area contributed by atoms with Crippen molar-refractivity contribution in [3.8, 4) is 0 Å². The Morgan fingerprint density at radius 2 is 1.90 bits per heavy atom. The van der Waals surface area contributed by atoms with E-state index < -0.39 is 11.7 Å². The first-order chi connectivity index (χ1) is 13.9. The summed E-state index contributed by atoms with van der Waals surface area (Å²) in [5, 5.41) is 0. The second kappa shape index (κ2) is 7.94. The van der Waals surface area contributed by atoms with E-state index in [9.17, 15) is 18.0 Å². The van der Waals surface area contributed by atoms with Crippen LogP contribution in [0.3, 0.4) is 0 Å². The summed E-state index contributed by atoms with van der Waals surface area (Å²) in [5.41, 5.74) is 2.72. The van der Waals surface area contributed by atoms with Gasteiger partial charge in [0.1, 0.15) is 5.71 Å². The number of amides is 1. The number of hydrogen-bond donors (Lipinski definition) is 0. The van der Waals surface area contributed by atoms with Gasteiger partial charge in [-0.3, -0.25) is 14.7 Å². The van der Waals surface area contributed by atoms with Gasteiger partial charge in [-0.1, -0.05) is 25.1 Å². The van der Waals surface area contributed by atoms with Gasteiger partial charge in [0.2, 0.25) is 0 Å². The summed E-state index contributed by atoms with van der Waals surface area (Å²) < 4.78 is 40.0. The van der Waals surface area contributed by atoms with Crippen LogP contribution in [0.15, 0.2) is 40.4 Å². The number of rotatable bonds is 3. The molecule has 7 heteroatoms. The normalized spacial score (nSPS) is 21.4. The Morgan fingerprint density at radius 3 is 2.59 bits per heavy atom. The fraction of sp³-hybridized carbons (Fsp3) is 0.545. The van der Waals surface area contributed by atoms with Gasteiger partial charge >= 0.3 is 6.18 Å². The first-order valence-electron chi connectivity index (χ1n) is 10.3. The van der Waals surface area contributed by atoms with Crippen molar-refractivity contribution in [2.45, 2.75) is 38.3 Å². The second-order valence-electron chi connectivity index (χ2n) is 8.02. The van der Waals surface area contributed by atoms with Crippen LogP contribution in [-0.2, 0) is 11.0 Å². The SMILES string of the molecule is CCN1CCC2=C(C1)C(C(=O)N1CCC(c3ccccc3C(F)(F)F)CC1)=NC2. The maximum Gasteiger partial charge on any atom is 0.416 e. The Bertz CT molecular complexity index is 851. The molecule has 3 heterocycles. The summed E-state index contributed by atoms with van der Waals surface area (Å²) in [6.45, 7) is 6.39. The molecule has 1 fully saturated rings. The predicted octanol–water partition coefficient (Wildman–Crippen LogP) is 3.89. The highest BCUT2D eigenvalue weighted by atomic mass is 19.4. The van der Waals surface area contributed by atoms with Gasteiger partial charge in [0.05, 0.1) is 12.1 Å². The minimum Gasteiger partial charge on any atom is -0.337 e. The van der Waals surface area contributed by atoms with Crippen molar-refractivity contribution in [3.63, 3.8) is 0 Å². The summed E-state index contributed by atoms with van der Waals surface area (Å²) >= 11 is 0. The molecule has 0 aliphatic carbocycles. The van der Waals surface area contributed by atoms with Gasteiger partial charge in [0.15, 0.2) is 0 Å². The summed E-state index contributed by atoms with van der Waals surface area (Å²) in [7, 11) is 0. The minimum atomic E-state index is -4.35. The second-order valence-corrected chi connectivity index (χ2v) is 8.02. The van der Waals surface area contributed by atoms with Crippen molar-refractivity contribution in [1.82, 2.24) is 9.80 Å². The Balaban J connectivity index is 1.43. The maximum absolute atomic E-state index is 13.3. The largest absolute Gasteiger partial charge is 0.416 e. The summed E-state index contributed by atoms with van der Waals surface area (Å²) in [6, 6.07) is 5.81. The standard InChI is InChI=1S/C22H26F3N3O/c1-2-27-10-7-16-13-26-20(18(16)14-27)21(29)28-11-8-15(9-12-28)17-5-3-4-6-19(17)22(23,24)25/h3-6,15H,2,7-14H2,1H3. The third kappa shape index (κ3) is 3.97. The monoisotopic (exact) mass is 405 g/mol. The van der Waals surface area contributed by atoms with Crippen LogP contribution in [-0.4, -0.2) is 60.7 Å².